The van der Waals surface area contributed by atoms with Gasteiger partial charge in [-0.05, 0) is 96.3 Å². The van der Waals surface area contributed by atoms with Gasteiger partial charge < -0.3 is 14.2 Å². The van der Waals surface area contributed by atoms with E-state index in [1.807, 2.05) is 0 Å². The third kappa shape index (κ3) is 42.8. The summed E-state index contributed by atoms with van der Waals surface area (Å²) >= 11 is 0. The second-order valence-corrected chi connectivity index (χ2v) is 16.0. The molecule has 0 aromatic rings. The van der Waals surface area contributed by atoms with E-state index in [-0.39, 0.29) is 31.1 Å². The minimum absolute atomic E-state index is 0.0815. The fourth-order valence-electron chi connectivity index (χ4n) is 6.66. The lowest BCUT2D eigenvalue weighted by Crippen LogP contribution is -2.30. The minimum Gasteiger partial charge on any atom is -0.462 e. The highest BCUT2D eigenvalue weighted by Gasteiger charge is 2.19. The summed E-state index contributed by atoms with van der Waals surface area (Å²) in [5, 5.41) is 0. The average Bonchev–Trinajstić information content (AvgIpc) is 3.19. The Balaban J connectivity index is 4.39. The molecule has 6 heteroatoms. The van der Waals surface area contributed by atoms with Crippen LogP contribution in [-0.2, 0) is 28.6 Å². The Morgan fingerprint density at radius 3 is 0.929 bits per heavy atom. The summed E-state index contributed by atoms with van der Waals surface area (Å²) in [6, 6.07) is 0. The SMILES string of the molecule is CCCCC/C=C\CCCCCCCC(=O)OCC(COC(=O)CCCCCCC/C=C\CCCCCCC)OC(=O)CCCCCCC/C=C\CCCCC. The molecule has 0 bridgehead atoms. The van der Waals surface area contributed by atoms with Crippen LogP contribution in [0.15, 0.2) is 36.5 Å². The van der Waals surface area contributed by atoms with E-state index in [0.717, 1.165) is 83.5 Å². The molecule has 0 aliphatic carbocycles. The molecule has 0 heterocycles. The molecule has 0 aliphatic heterocycles. The third-order valence-corrected chi connectivity index (χ3v) is 10.3. The zero-order valence-corrected chi connectivity index (χ0v) is 37.2. The highest BCUT2D eigenvalue weighted by molar-refractivity contribution is 5.71. The summed E-state index contributed by atoms with van der Waals surface area (Å²) < 4.78 is 16.7. The first-order chi connectivity index (χ1) is 27.5. The minimum atomic E-state index is -0.779. The Kier molecular flexibility index (Phi) is 43.4. The zero-order chi connectivity index (χ0) is 40.8. The lowest BCUT2D eigenvalue weighted by Gasteiger charge is -2.18. The van der Waals surface area contributed by atoms with E-state index in [1.54, 1.807) is 0 Å². The normalized spacial score (nSPS) is 12.3. The molecule has 0 fully saturated rings. The predicted molar refractivity (Wildman–Crippen MR) is 238 cm³/mol. The van der Waals surface area contributed by atoms with E-state index in [0.29, 0.717) is 19.3 Å². The monoisotopic (exact) mass is 787 g/mol. The smallest absolute Gasteiger partial charge is 0.306 e. The number of hydrogen-bond donors (Lipinski definition) is 0. The van der Waals surface area contributed by atoms with Crippen LogP contribution >= 0.6 is 0 Å². The van der Waals surface area contributed by atoms with Crippen LogP contribution in [0.1, 0.15) is 245 Å². The molecule has 0 N–H and O–H groups in total. The van der Waals surface area contributed by atoms with Gasteiger partial charge in [-0.15, -0.1) is 0 Å². The molecular weight excluding hydrogens is 697 g/mol. The van der Waals surface area contributed by atoms with Crippen molar-refractivity contribution >= 4 is 17.9 Å². The maximum Gasteiger partial charge on any atom is 0.306 e. The lowest BCUT2D eigenvalue weighted by molar-refractivity contribution is -0.167. The summed E-state index contributed by atoms with van der Waals surface area (Å²) in [7, 11) is 0. The molecule has 0 saturated carbocycles. The van der Waals surface area contributed by atoms with E-state index in [9.17, 15) is 14.4 Å². The highest BCUT2D eigenvalue weighted by Crippen LogP contribution is 2.14. The van der Waals surface area contributed by atoms with Crippen LogP contribution in [0.4, 0.5) is 0 Å². The number of ether oxygens (including phenoxy) is 3. The van der Waals surface area contributed by atoms with Gasteiger partial charge in [0, 0.05) is 19.3 Å². The van der Waals surface area contributed by atoms with E-state index in [4.69, 9.17) is 14.2 Å². The van der Waals surface area contributed by atoms with E-state index >= 15 is 0 Å². The second-order valence-electron chi connectivity index (χ2n) is 16.0. The first kappa shape index (κ1) is 53.6. The molecule has 0 spiro atoms. The Bertz CT molecular complexity index is 953. The van der Waals surface area contributed by atoms with Crippen molar-refractivity contribution in [3.63, 3.8) is 0 Å². The van der Waals surface area contributed by atoms with Crippen LogP contribution in [-0.4, -0.2) is 37.2 Å². The molecule has 0 amide bonds. The molecule has 0 rings (SSSR count). The summed E-state index contributed by atoms with van der Waals surface area (Å²) in [5.74, 6) is -0.905. The van der Waals surface area contributed by atoms with Crippen molar-refractivity contribution in [2.45, 2.75) is 252 Å². The van der Waals surface area contributed by atoms with Crippen molar-refractivity contribution < 1.29 is 28.6 Å². The van der Waals surface area contributed by atoms with Crippen molar-refractivity contribution in [1.29, 1.82) is 0 Å². The molecule has 0 saturated heterocycles. The van der Waals surface area contributed by atoms with Gasteiger partial charge in [0.2, 0.25) is 0 Å². The van der Waals surface area contributed by atoms with E-state index in [1.165, 1.54) is 122 Å². The van der Waals surface area contributed by atoms with Gasteiger partial charge in [-0.2, -0.15) is 0 Å². The maximum atomic E-state index is 12.7. The molecule has 0 radical (unpaired) electrons. The summed E-state index contributed by atoms with van der Waals surface area (Å²) in [6.45, 7) is 6.56. The van der Waals surface area contributed by atoms with Gasteiger partial charge in [-0.3, -0.25) is 14.4 Å². The molecule has 1 atom stereocenters. The first-order valence-electron chi connectivity index (χ1n) is 24.0. The van der Waals surface area contributed by atoms with Crippen molar-refractivity contribution in [2.75, 3.05) is 13.2 Å². The highest BCUT2D eigenvalue weighted by atomic mass is 16.6. The number of carbonyl (C=O) groups excluding carboxylic acids is 3. The van der Waals surface area contributed by atoms with Crippen LogP contribution in [0.3, 0.4) is 0 Å². The number of esters is 3. The van der Waals surface area contributed by atoms with Crippen molar-refractivity contribution in [2.24, 2.45) is 0 Å². The van der Waals surface area contributed by atoms with Gasteiger partial charge in [-0.1, -0.05) is 166 Å². The zero-order valence-electron chi connectivity index (χ0n) is 37.2. The van der Waals surface area contributed by atoms with Crippen LogP contribution in [0, 0.1) is 0 Å². The average molecular weight is 787 g/mol. The first-order valence-corrected chi connectivity index (χ1v) is 24.0. The number of unbranched alkanes of at least 4 members (excludes halogenated alkanes) is 26. The van der Waals surface area contributed by atoms with Crippen molar-refractivity contribution in [3.05, 3.63) is 36.5 Å². The van der Waals surface area contributed by atoms with Crippen molar-refractivity contribution in [3.8, 4) is 0 Å². The van der Waals surface area contributed by atoms with Gasteiger partial charge in [-0.25, -0.2) is 0 Å². The van der Waals surface area contributed by atoms with Crippen LogP contribution in [0.5, 0.6) is 0 Å². The Morgan fingerprint density at radius 1 is 0.339 bits per heavy atom. The quantitative estimate of drug-likeness (QED) is 0.0265. The second kappa shape index (κ2) is 45.3. The van der Waals surface area contributed by atoms with Crippen LogP contribution in [0.25, 0.3) is 0 Å². The van der Waals surface area contributed by atoms with Gasteiger partial charge in [0.05, 0.1) is 0 Å². The molecule has 0 aromatic heterocycles. The topological polar surface area (TPSA) is 78.9 Å². The number of rotatable bonds is 43. The summed E-state index contributed by atoms with van der Waals surface area (Å²) in [5.41, 5.74) is 0. The van der Waals surface area contributed by atoms with Gasteiger partial charge in [0.1, 0.15) is 13.2 Å². The summed E-state index contributed by atoms with van der Waals surface area (Å²) in [4.78, 5) is 37.8. The van der Waals surface area contributed by atoms with E-state index in [2.05, 4.69) is 57.2 Å². The predicted octanol–water partition coefficient (Wildman–Crippen LogP) is 15.4. The molecule has 326 valence electrons. The van der Waals surface area contributed by atoms with Gasteiger partial charge in [0.15, 0.2) is 6.10 Å². The van der Waals surface area contributed by atoms with Crippen molar-refractivity contribution in [1.82, 2.24) is 0 Å². The lowest BCUT2D eigenvalue weighted by atomic mass is 10.1. The largest absolute Gasteiger partial charge is 0.462 e. The summed E-state index contributed by atoms with van der Waals surface area (Å²) in [6.07, 6.45) is 51.2. The fraction of sp³-hybridized carbons (Fsp3) is 0.820. The van der Waals surface area contributed by atoms with Crippen LogP contribution in [0.2, 0.25) is 0 Å². The van der Waals surface area contributed by atoms with E-state index < -0.39 is 6.10 Å². The third-order valence-electron chi connectivity index (χ3n) is 10.3. The molecular formula is C50H90O6. The standard InChI is InChI=1S/C50H90O6/c1-4-7-10-13-16-19-22-25-26-29-31-34-37-40-43-49(52)55-46-47(56-50(53)44-41-38-35-32-28-24-21-18-15-12-9-6-3)45-54-48(51)42-39-36-33-30-27-23-20-17-14-11-8-5-2/h17-18,20-22,25,47H,4-16,19,23-24,26-46H2,1-3H3/b20-17-,21-18-,25-22-. The molecule has 6 nitrogen and oxygen atoms in total. The fourth-order valence-corrected chi connectivity index (χ4v) is 6.66. The molecule has 1 unspecified atom stereocenters. The maximum absolute atomic E-state index is 12.7. The Hall–Kier alpha value is -2.37. The number of hydrogen-bond acceptors (Lipinski definition) is 6. The molecule has 0 aliphatic rings. The Labute approximate surface area is 346 Å². The van der Waals surface area contributed by atoms with Gasteiger partial charge in [0.25, 0.3) is 0 Å². The Morgan fingerprint density at radius 2 is 0.589 bits per heavy atom. The van der Waals surface area contributed by atoms with Crippen LogP contribution < -0.4 is 0 Å². The molecule has 56 heavy (non-hydrogen) atoms. The molecule has 0 aromatic carbocycles. The number of carbonyl (C=O) groups is 3. The van der Waals surface area contributed by atoms with Gasteiger partial charge >= 0.3 is 17.9 Å². The number of allylic oxidation sites excluding steroid dienone is 6.